The number of benzene rings is 1. The fourth-order valence-corrected chi connectivity index (χ4v) is 0.993. The van der Waals surface area contributed by atoms with Gasteiger partial charge in [0.1, 0.15) is 0 Å². The van der Waals surface area contributed by atoms with Crippen LogP contribution in [-0.2, 0) is 16.0 Å². The summed E-state index contributed by atoms with van der Waals surface area (Å²) in [6, 6.07) is 9.47. The van der Waals surface area contributed by atoms with Crippen LogP contribution in [0.4, 0.5) is 0 Å². The average molecular weight is 176 g/mol. The maximum Gasteiger partial charge on any atom is 0.315 e. The van der Waals surface area contributed by atoms with Gasteiger partial charge in [-0.2, -0.15) is 0 Å². The number of rotatable bonds is 3. The summed E-state index contributed by atoms with van der Waals surface area (Å²) in [6.45, 7) is 5.15. The highest BCUT2D eigenvalue weighted by Gasteiger charge is 2.03. The molecule has 0 saturated carbocycles. The number of carbonyl (C=O) groups excluding carboxylic acids is 1. The molecule has 0 radical (unpaired) electrons. The lowest BCUT2D eigenvalue weighted by atomic mass is 10.2. The Bertz CT molecular complexity index is 301. The van der Waals surface area contributed by atoms with Crippen molar-refractivity contribution < 1.29 is 9.53 Å². The zero-order chi connectivity index (χ0) is 9.68. The van der Waals surface area contributed by atoms with Gasteiger partial charge in [-0.1, -0.05) is 36.9 Å². The molecule has 0 spiro atoms. The third-order valence-electron chi connectivity index (χ3n) is 1.48. The largest absolute Gasteiger partial charge is 0.432 e. The summed E-state index contributed by atoms with van der Waals surface area (Å²) in [5, 5.41) is 0. The van der Waals surface area contributed by atoms with Gasteiger partial charge in [0.25, 0.3) is 0 Å². The summed E-state index contributed by atoms with van der Waals surface area (Å²) in [5.74, 6) is 0.166. The predicted octanol–water partition coefficient (Wildman–Crippen LogP) is 2.31. The Kier molecular flexibility index (Phi) is 3.26. The van der Waals surface area contributed by atoms with Crippen LogP contribution in [0.15, 0.2) is 42.7 Å². The van der Waals surface area contributed by atoms with Crippen molar-refractivity contribution in [3.8, 4) is 0 Å². The monoisotopic (exact) mass is 176 g/mol. The van der Waals surface area contributed by atoms with Crippen LogP contribution in [0.1, 0.15) is 12.5 Å². The summed E-state index contributed by atoms with van der Waals surface area (Å²) in [7, 11) is 0. The molecule has 0 aromatic heterocycles. The SMILES string of the molecule is C=C(C)OC(=O)Cc1ccccc1. The Balaban J connectivity index is 2.50. The summed E-state index contributed by atoms with van der Waals surface area (Å²) < 4.78 is 4.82. The maximum absolute atomic E-state index is 11.1. The van der Waals surface area contributed by atoms with Crippen molar-refractivity contribution in [2.75, 3.05) is 0 Å². The molecular formula is C11H12O2. The zero-order valence-electron chi connectivity index (χ0n) is 7.62. The number of hydrogen-bond donors (Lipinski definition) is 0. The maximum atomic E-state index is 11.1. The Labute approximate surface area is 77.8 Å². The van der Waals surface area contributed by atoms with Crippen molar-refractivity contribution in [3.05, 3.63) is 48.2 Å². The lowest BCUT2D eigenvalue weighted by Gasteiger charge is -2.02. The molecule has 2 nitrogen and oxygen atoms in total. The second-order valence-electron chi connectivity index (χ2n) is 2.84. The molecule has 0 atom stereocenters. The molecule has 0 N–H and O–H groups in total. The van der Waals surface area contributed by atoms with Crippen LogP contribution in [0.2, 0.25) is 0 Å². The Morgan fingerprint density at radius 3 is 2.54 bits per heavy atom. The van der Waals surface area contributed by atoms with E-state index in [1.54, 1.807) is 6.92 Å². The predicted molar refractivity (Wildman–Crippen MR) is 51.1 cm³/mol. The molecule has 68 valence electrons. The van der Waals surface area contributed by atoms with E-state index in [4.69, 9.17) is 4.74 Å². The Hall–Kier alpha value is -1.57. The van der Waals surface area contributed by atoms with Crippen LogP contribution in [0.5, 0.6) is 0 Å². The highest BCUT2D eigenvalue weighted by atomic mass is 16.5. The molecule has 0 aliphatic carbocycles. The van der Waals surface area contributed by atoms with E-state index in [0.717, 1.165) is 5.56 Å². The smallest absolute Gasteiger partial charge is 0.315 e. The van der Waals surface area contributed by atoms with Crippen molar-refractivity contribution in [3.63, 3.8) is 0 Å². The van der Waals surface area contributed by atoms with Gasteiger partial charge in [0.2, 0.25) is 0 Å². The Morgan fingerprint density at radius 2 is 2.00 bits per heavy atom. The van der Waals surface area contributed by atoms with Crippen molar-refractivity contribution in [2.45, 2.75) is 13.3 Å². The van der Waals surface area contributed by atoms with Crippen molar-refractivity contribution in [1.29, 1.82) is 0 Å². The van der Waals surface area contributed by atoms with Gasteiger partial charge >= 0.3 is 5.97 Å². The summed E-state index contributed by atoms with van der Waals surface area (Å²) in [5.41, 5.74) is 0.953. The molecular weight excluding hydrogens is 164 g/mol. The highest BCUT2D eigenvalue weighted by Crippen LogP contribution is 2.02. The minimum atomic E-state index is -0.265. The quantitative estimate of drug-likeness (QED) is 0.521. The van der Waals surface area contributed by atoms with E-state index in [1.807, 2.05) is 30.3 Å². The second-order valence-corrected chi connectivity index (χ2v) is 2.84. The van der Waals surface area contributed by atoms with Gasteiger partial charge in [-0.05, 0) is 12.5 Å². The number of esters is 1. The first-order valence-corrected chi connectivity index (χ1v) is 4.08. The molecule has 0 bridgehead atoms. The fourth-order valence-electron chi connectivity index (χ4n) is 0.993. The second kappa shape index (κ2) is 4.45. The van der Waals surface area contributed by atoms with E-state index in [-0.39, 0.29) is 5.97 Å². The molecule has 1 aromatic rings. The zero-order valence-corrected chi connectivity index (χ0v) is 7.62. The topological polar surface area (TPSA) is 26.3 Å². The van der Waals surface area contributed by atoms with Crippen LogP contribution in [0, 0.1) is 0 Å². The molecule has 13 heavy (non-hydrogen) atoms. The lowest BCUT2D eigenvalue weighted by molar-refractivity contribution is -0.138. The van der Waals surface area contributed by atoms with E-state index in [1.165, 1.54) is 0 Å². The van der Waals surface area contributed by atoms with Gasteiger partial charge in [0.15, 0.2) is 0 Å². The van der Waals surface area contributed by atoms with E-state index in [2.05, 4.69) is 6.58 Å². The van der Waals surface area contributed by atoms with Gasteiger partial charge < -0.3 is 4.74 Å². The van der Waals surface area contributed by atoms with Crippen LogP contribution < -0.4 is 0 Å². The average Bonchev–Trinajstić information content (AvgIpc) is 2.04. The van der Waals surface area contributed by atoms with Gasteiger partial charge in [0.05, 0.1) is 12.2 Å². The van der Waals surface area contributed by atoms with E-state index < -0.39 is 0 Å². The van der Waals surface area contributed by atoms with Crippen LogP contribution in [0.3, 0.4) is 0 Å². The van der Waals surface area contributed by atoms with E-state index in [0.29, 0.717) is 12.2 Å². The van der Waals surface area contributed by atoms with Gasteiger partial charge in [-0.25, -0.2) is 0 Å². The fraction of sp³-hybridized carbons (Fsp3) is 0.182. The van der Waals surface area contributed by atoms with E-state index >= 15 is 0 Å². The summed E-state index contributed by atoms with van der Waals surface area (Å²) in [6.07, 6.45) is 0.299. The first-order chi connectivity index (χ1) is 6.18. The minimum Gasteiger partial charge on any atom is -0.432 e. The first kappa shape index (κ1) is 9.52. The normalized spacial score (nSPS) is 9.31. The molecule has 0 aliphatic heterocycles. The summed E-state index contributed by atoms with van der Waals surface area (Å²) >= 11 is 0. The number of ether oxygens (including phenoxy) is 1. The number of hydrogen-bond acceptors (Lipinski definition) is 2. The van der Waals surface area contributed by atoms with Crippen molar-refractivity contribution in [2.24, 2.45) is 0 Å². The number of allylic oxidation sites excluding steroid dienone is 1. The third-order valence-corrected chi connectivity index (χ3v) is 1.48. The molecule has 0 heterocycles. The molecule has 0 fully saturated rings. The lowest BCUT2D eigenvalue weighted by Crippen LogP contribution is -2.05. The van der Waals surface area contributed by atoms with Gasteiger partial charge in [-0.15, -0.1) is 0 Å². The molecule has 0 saturated heterocycles. The van der Waals surface area contributed by atoms with E-state index in [9.17, 15) is 4.79 Å². The molecule has 2 heteroatoms. The van der Waals surface area contributed by atoms with Gasteiger partial charge in [0, 0.05) is 0 Å². The molecule has 1 rings (SSSR count). The molecule has 1 aromatic carbocycles. The van der Waals surface area contributed by atoms with Crippen LogP contribution >= 0.6 is 0 Å². The highest BCUT2D eigenvalue weighted by molar-refractivity contribution is 5.73. The molecule has 0 amide bonds. The van der Waals surface area contributed by atoms with Gasteiger partial charge in [-0.3, -0.25) is 4.79 Å². The molecule has 0 aliphatic rings. The summed E-state index contributed by atoms with van der Waals surface area (Å²) in [4.78, 5) is 11.1. The van der Waals surface area contributed by atoms with Crippen LogP contribution in [-0.4, -0.2) is 5.97 Å². The van der Waals surface area contributed by atoms with Crippen molar-refractivity contribution >= 4 is 5.97 Å². The first-order valence-electron chi connectivity index (χ1n) is 4.08. The van der Waals surface area contributed by atoms with Crippen LogP contribution in [0.25, 0.3) is 0 Å². The Morgan fingerprint density at radius 1 is 1.38 bits per heavy atom. The number of carbonyl (C=O) groups is 1. The standard InChI is InChI=1S/C11H12O2/c1-9(2)13-11(12)8-10-6-4-3-5-7-10/h3-7H,1,8H2,2H3. The third kappa shape index (κ3) is 3.56. The van der Waals surface area contributed by atoms with Crippen molar-refractivity contribution in [1.82, 2.24) is 0 Å². The minimum absolute atomic E-state index is 0.265. The molecule has 0 unspecified atom stereocenters.